The summed E-state index contributed by atoms with van der Waals surface area (Å²) in [7, 11) is 0. The van der Waals surface area contributed by atoms with Crippen LogP contribution < -0.4 is 0 Å². The Labute approximate surface area is 148 Å². The number of pyridine rings is 1. The Bertz CT molecular complexity index is 693. The zero-order chi connectivity index (χ0) is 17.4. The number of thioether (sulfide) groups is 2. The zero-order valence-corrected chi connectivity index (χ0v) is 14.9. The molecular formula is C16H18N2O4S2. The van der Waals surface area contributed by atoms with E-state index in [0.717, 1.165) is 4.90 Å². The number of aliphatic carboxylic acids is 1. The van der Waals surface area contributed by atoms with Gasteiger partial charge in [-0.25, -0.2) is 4.79 Å². The lowest BCUT2D eigenvalue weighted by molar-refractivity contribution is -0.163. The van der Waals surface area contributed by atoms with Crippen molar-refractivity contribution in [3.63, 3.8) is 0 Å². The summed E-state index contributed by atoms with van der Waals surface area (Å²) in [5.74, 6) is -1.99. The number of aliphatic hydroxyl groups is 1. The van der Waals surface area contributed by atoms with Crippen LogP contribution in [-0.2, 0) is 9.59 Å². The molecule has 1 aromatic heterocycles. The summed E-state index contributed by atoms with van der Waals surface area (Å²) >= 11 is 3.02. The Balaban J connectivity index is 1.76. The highest BCUT2D eigenvalue weighted by atomic mass is 32.2. The third kappa shape index (κ3) is 2.82. The molecule has 2 aliphatic rings. The van der Waals surface area contributed by atoms with Crippen LogP contribution in [0.4, 0.5) is 0 Å². The molecule has 24 heavy (non-hydrogen) atoms. The van der Waals surface area contributed by atoms with Crippen LogP contribution in [0.2, 0.25) is 0 Å². The maximum absolute atomic E-state index is 12.2. The van der Waals surface area contributed by atoms with Gasteiger partial charge in [0.15, 0.2) is 0 Å². The highest BCUT2D eigenvalue weighted by molar-refractivity contribution is 8.17. The van der Waals surface area contributed by atoms with Gasteiger partial charge in [0.25, 0.3) is 0 Å². The molecule has 0 radical (unpaired) electrons. The molecule has 0 unspecified atom stereocenters. The molecule has 0 bridgehead atoms. The Hall–Kier alpha value is -1.51. The van der Waals surface area contributed by atoms with Crippen molar-refractivity contribution in [2.45, 2.75) is 30.9 Å². The van der Waals surface area contributed by atoms with Crippen LogP contribution in [-0.4, -0.2) is 49.2 Å². The van der Waals surface area contributed by atoms with Crippen molar-refractivity contribution in [2.75, 3.05) is 5.08 Å². The molecule has 1 aromatic rings. The third-order valence-corrected chi connectivity index (χ3v) is 6.78. The molecule has 0 saturated carbocycles. The average Bonchev–Trinajstić information content (AvgIpc) is 2.78. The Morgan fingerprint density at radius 2 is 2.21 bits per heavy atom. The second-order valence-corrected chi connectivity index (χ2v) is 8.30. The molecule has 6 nitrogen and oxygen atoms in total. The predicted octanol–water partition coefficient (Wildman–Crippen LogP) is 2.02. The standard InChI is InChI=1S/C16H18N2O4S2/c1-8-12-11(9(2)19)15(20)18(12)13(16(21)22)14(8)24-7-23-10-4-3-5-17-6-10/h3-6,8-9,11-12,19H,7H2,1-2H3,(H,21,22)/t8-,9-,11-,12-/m1/s1. The molecule has 2 aliphatic heterocycles. The van der Waals surface area contributed by atoms with E-state index in [4.69, 9.17) is 0 Å². The Kier molecular flexibility index (Phi) is 4.89. The van der Waals surface area contributed by atoms with E-state index in [2.05, 4.69) is 4.98 Å². The van der Waals surface area contributed by atoms with Gasteiger partial charge in [0.05, 0.1) is 18.1 Å². The quantitative estimate of drug-likeness (QED) is 0.452. The van der Waals surface area contributed by atoms with Gasteiger partial charge in [-0.3, -0.25) is 9.78 Å². The molecule has 0 aromatic carbocycles. The predicted molar refractivity (Wildman–Crippen MR) is 92.2 cm³/mol. The number of hydrogen-bond acceptors (Lipinski definition) is 6. The summed E-state index contributed by atoms with van der Waals surface area (Å²) in [4.78, 5) is 31.0. The van der Waals surface area contributed by atoms with Crippen LogP contribution in [0.1, 0.15) is 13.8 Å². The molecule has 8 heteroatoms. The molecule has 1 saturated heterocycles. The van der Waals surface area contributed by atoms with Crippen LogP contribution >= 0.6 is 23.5 Å². The van der Waals surface area contributed by atoms with Crippen molar-refractivity contribution in [3.05, 3.63) is 35.1 Å². The van der Waals surface area contributed by atoms with Gasteiger partial charge in [-0.15, -0.1) is 23.5 Å². The number of amides is 1. The average molecular weight is 366 g/mol. The van der Waals surface area contributed by atoms with E-state index >= 15 is 0 Å². The molecule has 4 atom stereocenters. The number of nitrogens with zero attached hydrogens (tertiary/aromatic N) is 2. The van der Waals surface area contributed by atoms with Gasteiger partial charge in [0.1, 0.15) is 5.70 Å². The second-order valence-electron chi connectivity index (χ2n) is 5.87. The van der Waals surface area contributed by atoms with E-state index in [-0.39, 0.29) is 23.6 Å². The Morgan fingerprint density at radius 1 is 1.46 bits per heavy atom. The lowest BCUT2D eigenvalue weighted by Gasteiger charge is -2.46. The number of carboxylic acid groups (broad SMARTS) is 1. The number of hydrogen-bond donors (Lipinski definition) is 2. The van der Waals surface area contributed by atoms with E-state index in [1.165, 1.54) is 16.7 Å². The van der Waals surface area contributed by atoms with Gasteiger partial charge in [0.2, 0.25) is 5.91 Å². The van der Waals surface area contributed by atoms with Crippen LogP contribution in [0.25, 0.3) is 0 Å². The number of fused-ring (bicyclic) bond motifs is 1. The molecular weight excluding hydrogens is 348 g/mol. The van der Waals surface area contributed by atoms with Crippen molar-refractivity contribution >= 4 is 35.4 Å². The minimum absolute atomic E-state index is 0.0752. The number of carboxylic acids is 1. The van der Waals surface area contributed by atoms with Crippen LogP contribution in [0.5, 0.6) is 0 Å². The third-order valence-electron chi connectivity index (χ3n) is 4.39. The first-order valence-electron chi connectivity index (χ1n) is 7.57. The Morgan fingerprint density at radius 3 is 2.79 bits per heavy atom. The molecule has 3 rings (SSSR count). The van der Waals surface area contributed by atoms with E-state index in [9.17, 15) is 19.8 Å². The molecule has 0 spiro atoms. The number of aromatic nitrogens is 1. The number of rotatable bonds is 6. The van der Waals surface area contributed by atoms with Crippen LogP contribution in [0.15, 0.2) is 40.0 Å². The van der Waals surface area contributed by atoms with Crippen LogP contribution in [0, 0.1) is 11.8 Å². The lowest BCUT2D eigenvalue weighted by Crippen LogP contribution is -2.63. The fourth-order valence-corrected chi connectivity index (χ4v) is 5.63. The zero-order valence-electron chi connectivity index (χ0n) is 13.2. The second kappa shape index (κ2) is 6.78. The SMILES string of the molecule is C[C@@H](O)[C@H]1C(=O)N2C(C(=O)O)=C(SCSc3cccnc3)[C@H](C)[C@H]12. The molecule has 2 N–H and O–H groups in total. The van der Waals surface area contributed by atoms with Gasteiger partial charge >= 0.3 is 5.97 Å². The number of carbonyl (C=O) groups excluding carboxylic acids is 1. The molecule has 3 heterocycles. The largest absolute Gasteiger partial charge is 0.477 e. The van der Waals surface area contributed by atoms with Gasteiger partial charge in [-0.1, -0.05) is 6.92 Å². The maximum atomic E-state index is 12.2. The van der Waals surface area contributed by atoms with Crippen molar-refractivity contribution in [1.82, 2.24) is 9.88 Å². The smallest absolute Gasteiger partial charge is 0.353 e. The lowest BCUT2D eigenvalue weighted by atomic mass is 9.79. The summed E-state index contributed by atoms with van der Waals surface area (Å²) in [5.41, 5.74) is 0.0752. The van der Waals surface area contributed by atoms with E-state index in [0.29, 0.717) is 9.99 Å². The maximum Gasteiger partial charge on any atom is 0.353 e. The van der Waals surface area contributed by atoms with E-state index in [1.807, 2.05) is 19.1 Å². The first-order valence-corrected chi connectivity index (χ1v) is 9.54. The molecule has 128 valence electrons. The topological polar surface area (TPSA) is 90.7 Å². The summed E-state index contributed by atoms with van der Waals surface area (Å²) in [6.07, 6.45) is 2.69. The van der Waals surface area contributed by atoms with Crippen molar-refractivity contribution < 1.29 is 19.8 Å². The normalized spacial score (nSPS) is 27.0. The fourth-order valence-electron chi connectivity index (χ4n) is 3.31. The summed E-state index contributed by atoms with van der Waals surface area (Å²) in [6.45, 7) is 3.50. The minimum atomic E-state index is -1.09. The summed E-state index contributed by atoms with van der Waals surface area (Å²) in [5, 5.41) is 20.0. The van der Waals surface area contributed by atoms with E-state index < -0.39 is 18.0 Å². The van der Waals surface area contributed by atoms with Crippen molar-refractivity contribution in [1.29, 1.82) is 0 Å². The first-order chi connectivity index (χ1) is 11.4. The number of β-lactam (4-membered cyclic amide) rings is 1. The number of aliphatic hydroxyl groups excluding tert-OH is 1. The first kappa shape index (κ1) is 17.3. The molecule has 0 aliphatic carbocycles. The fraction of sp³-hybridized carbons (Fsp3) is 0.438. The summed E-state index contributed by atoms with van der Waals surface area (Å²) < 4.78 is 0. The highest BCUT2D eigenvalue weighted by Gasteiger charge is 2.59. The number of carbonyl (C=O) groups is 2. The van der Waals surface area contributed by atoms with Gasteiger partial charge in [-0.2, -0.15) is 0 Å². The highest BCUT2D eigenvalue weighted by Crippen LogP contribution is 2.51. The van der Waals surface area contributed by atoms with Gasteiger partial charge in [-0.05, 0) is 19.1 Å². The van der Waals surface area contributed by atoms with Crippen LogP contribution in [0.3, 0.4) is 0 Å². The molecule has 1 fully saturated rings. The summed E-state index contributed by atoms with van der Waals surface area (Å²) in [6, 6.07) is 3.54. The van der Waals surface area contributed by atoms with Gasteiger partial charge < -0.3 is 15.1 Å². The van der Waals surface area contributed by atoms with Gasteiger partial charge in [0, 0.05) is 33.2 Å². The monoisotopic (exact) mass is 366 g/mol. The van der Waals surface area contributed by atoms with Crippen molar-refractivity contribution in [2.24, 2.45) is 11.8 Å². The minimum Gasteiger partial charge on any atom is -0.477 e. The van der Waals surface area contributed by atoms with Crippen molar-refractivity contribution in [3.8, 4) is 0 Å². The van der Waals surface area contributed by atoms with E-state index in [1.54, 1.807) is 31.1 Å². The molecule has 1 amide bonds.